The number of halogens is 1. The van der Waals surface area contributed by atoms with Gasteiger partial charge in [0.05, 0.1) is 29.2 Å². The highest BCUT2D eigenvalue weighted by Gasteiger charge is 2.30. The molecule has 1 saturated carbocycles. The van der Waals surface area contributed by atoms with Gasteiger partial charge in [-0.25, -0.2) is 9.67 Å². The van der Waals surface area contributed by atoms with E-state index in [1.54, 1.807) is 10.9 Å². The zero-order valence-electron chi connectivity index (χ0n) is 18.2. The van der Waals surface area contributed by atoms with E-state index in [0.717, 1.165) is 48.7 Å². The highest BCUT2D eigenvalue weighted by Crippen LogP contribution is 2.44. The number of piperidine rings is 1. The number of ketones is 1. The zero-order chi connectivity index (χ0) is 22.2. The first kappa shape index (κ1) is 21.2. The summed E-state index contributed by atoms with van der Waals surface area (Å²) in [4.78, 5) is 20.2. The van der Waals surface area contributed by atoms with E-state index in [2.05, 4.69) is 16.1 Å². The summed E-state index contributed by atoms with van der Waals surface area (Å²) in [6, 6.07) is 9.58. The molecule has 0 radical (unpaired) electrons. The number of carbonyl (C=O) groups is 1. The van der Waals surface area contributed by atoms with Crippen molar-refractivity contribution in [3.63, 3.8) is 0 Å². The second-order valence-corrected chi connectivity index (χ2v) is 9.32. The van der Waals surface area contributed by atoms with Gasteiger partial charge in [-0.2, -0.15) is 5.10 Å². The van der Waals surface area contributed by atoms with Crippen LogP contribution in [0.25, 0.3) is 5.69 Å². The van der Waals surface area contributed by atoms with Crippen molar-refractivity contribution >= 4 is 23.2 Å². The summed E-state index contributed by atoms with van der Waals surface area (Å²) in [6.07, 6.45) is 7.50. The number of nitrogens with zero attached hydrogens (tertiary/aromatic N) is 4. The van der Waals surface area contributed by atoms with E-state index >= 15 is 0 Å². The number of benzene rings is 1. The quantitative estimate of drug-likeness (QED) is 0.560. The third-order valence-electron chi connectivity index (χ3n) is 6.48. The topological polar surface area (TPSA) is 71.2 Å². The zero-order valence-corrected chi connectivity index (χ0v) is 18.9. The first-order chi connectivity index (χ1) is 15.5. The Morgan fingerprint density at radius 1 is 1.12 bits per heavy atom. The molecule has 7 heteroatoms. The molecule has 2 aromatic heterocycles. The van der Waals surface area contributed by atoms with Gasteiger partial charge in [-0.1, -0.05) is 11.6 Å². The Kier molecular flexibility index (Phi) is 5.74. The predicted molar refractivity (Wildman–Crippen MR) is 125 cm³/mol. The summed E-state index contributed by atoms with van der Waals surface area (Å²) >= 11 is 5.99. The number of aliphatic hydroxyl groups is 1. The summed E-state index contributed by atoms with van der Waals surface area (Å²) in [5, 5.41) is 14.9. The van der Waals surface area contributed by atoms with Crippen LogP contribution in [0.3, 0.4) is 0 Å². The van der Waals surface area contributed by atoms with Crippen molar-refractivity contribution < 1.29 is 9.90 Å². The number of rotatable bonds is 6. The minimum absolute atomic E-state index is 0.0418. The Morgan fingerprint density at radius 2 is 1.84 bits per heavy atom. The molecule has 6 nitrogen and oxygen atoms in total. The molecule has 0 amide bonds. The Morgan fingerprint density at radius 3 is 2.53 bits per heavy atom. The summed E-state index contributed by atoms with van der Waals surface area (Å²) in [5.41, 5.74) is 4.51. The van der Waals surface area contributed by atoms with E-state index in [1.807, 2.05) is 37.4 Å². The Labute approximate surface area is 192 Å². The lowest BCUT2D eigenvalue weighted by molar-refractivity contribution is 0.0992. The lowest BCUT2D eigenvalue weighted by Crippen LogP contribution is -2.36. The molecule has 2 aliphatic rings. The molecular weight excluding hydrogens is 424 g/mol. The standard InChI is InChI=1S/C25H27ClN4O2/c1-16-23(15-28-30(16)20-6-4-19(26)5-7-20)24(32)13-17-12-22(18-2-3-18)25(27-14-17)29-10-8-21(31)9-11-29/h4-7,12,14-15,18,21,31H,2-3,8-11,13H2,1H3. The van der Waals surface area contributed by atoms with Crippen molar-refractivity contribution in [2.24, 2.45) is 0 Å². The number of aromatic nitrogens is 3. The summed E-state index contributed by atoms with van der Waals surface area (Å²) in [7, 11) is 0. The van der Waals surface area contributed by atoms with Gasteiger partial charge in [0.2, 0.25) is 0 Å². The van der Waals surface area contributed by atoms with E-state index in [1.165, 1.54) is 18.4 Å². The molecule has 166 valence electrons. The number of hydrogen-bond acceptors (Lipinski definition) is 5. The summed E-state index contributed by atoms with van der Waals surface area (Å²) in [5.74, 6) is 1.61. The van der Waals surface area contributed by atoms with Crippen LogP contribution in [0.4, 0.5) is 5.82 Å². The van der Waals surface area contributed by atoms with Gasteiger partial charge in [0.25, 0.3) is 0 Å². The van der Waals surface area contributed by atoms with Crippen LogP contribution in [0.15, 0.2) is 42.7 Å². The first-order valence-electron chi connectivity index (χ1n) is 11.2. The molecule has 3 heterocycles. The number of pyridine rings is 1. The minimum atomic E-state index is -0.204. The van der Waals surface area contributed by atoms with E-state index < -0.39 is 0 Å². The van der Waals surface area contributed by atoms with E-state index in [0.29, 0.717) is 22.9 Å². The van der Waals surface area contributed by atoms with Gasteiger partial charge < -0.3 is 10.0 Å². The molecule has 1 aromatic carbocycles. The molecule has 1 aliphatic heterocycles. The fourth-order valence-corrected chi connectivity index (χ4v) is 4.59. The van der Waals surface area contributed by atoms with E-state index in [9.17, 15) is 9.90 Å². The Hall–Kier alpha value is -2.70. The number of aliphatic hydroxyl groups excluding tert-OH is 1. The lowest BCUT2D eigenvalue weighted by Gasteiger charge is -2.32. The molecular formula is C25H27ClN4O2. The fraction of sp³-hybridized carbons (Fsp3) is 0.400. The number of hydrogen-bond donors (Lipinski definition) is 1. The van der Waals surface area contributed by atoms with Crippen LogP contribution in [0.1, 0.15) is 58.8 Å². The van der Waals surface area contributed by atoms with Crippen molar-refractivity contribution in [2.75, 3.05) is 18.0 Å². The van der Waals surface area contributed by atoms with Gasteiger partial charge in [0, 0.05) is 30.7 Å². The van der Waals surface area contributed by atoms with Crippen molar-refractivity contribution in [2.45, 2.75) is 51.0 Å². The lowest BCUT2D eigenvalue weighted by atomic mass is 10.0. The third-order valence-corrected chi connectivity index (χ3v) is 6.73. The average Bonchev–Trinajstić information content (AvgIpc) is 3.57. The molecule has 0 unspecified atom stereocenters. The van der Waals surface area contributed by atoms with Crippen LogP contribution in [0, 0.1) is 6.92 Å². The minimum Gasteiger partial charge on any atom is -0.393 e. The largest absolute Gasteiger partial charge is 0.393 e. The monoisotopic (exact) mass is 450 g/mol. The third kappa shape index (κ3) is 4.30. The van der Waals surface area contributed by atoms with Crippen molar-refractivity contribution in [3.8, 4) is 5.69 Å². The molecule has 3 aromatic rings. The molecule has 1 aliphatic carbocycles. The van der Waals surface area contributed by atoms with Crippen molar-refractivity contribution in [3.05, 3.63) is 70.1 Å². The fourth-order valence-electron chi connectivity index (χ4n) is 4.46. The van der Waals surface area contributed by atoms with Gasteiger partial charge >= 0.3 is 0 Å². The summed E-state index contributed by atoms with van der Waals surface area (Å²) < 4.78 is 1.77. The van der Waals surface area contributed by atoms with Crippen molar-refractivity contribution in [1.82, 2.24) is 14.8 Å². The van der Waals surface area contributed by atoms with Crippen LogP contribution in [0.5, 0.6) is 0 Å². The number of carbonyl (C=O) groups excluding carboxylic acids is 1. The molecule has 32 heavy (non-hydrogen) atoms. The van der Waals surface area contributed by atoms with Crippen LogP contribution >= 0.6 is 11.6 Å². The predicted octanol–water partition coefficient (Wildman–Crippen LogP) is 4.49. The molecule has 5 rings (SSSR count). The Balaban J connectivity index is 1.36. The molecule has 1 saturated heterocycles. The van der Waals surface area contributed by atoms with E-state index in [-0.39, 0.29) is 11.9 Å². The second kappa shape index (κ2) is 8.68. The maximum atomic E-state index is 13.1. The van der Waals surface area contributed by atoms with Gasteiger partial charge in [-0.3, -0.25) is 4.79 Å². The summed E-state index contributed by atoms with van der Waals surface area (Å²) in [6.45, 7) is 3.57. The number of Topliss-reactive ketones (excluding diaryl/α,β-unsaturated/α-hetero) is 1. The number of anilines is 1. The maximum Gasteiger partial charge on any atom is 0.170 e. The SMILES string of the molecule is Cc1c(C(=O)Cc2cnc(N3CCC(O)CC3)c(C3CC3)c2)cnn1-c1ccc(Cl)cc1. The highest BCUT2D eigenvalue weighted by molar-refractivity contribution is 6.30. The van der Waals surface area contributed by atoms with Gasteiger partial charge in [-0.05, 0) is 80.0 Å². The molecule has 1 N–H and O–H groups in total. The normalized spacial score (nSPS) is 17.0. The van der Waals surface area contributed by atoms with Gasteiger partial charge in [0.1, 0.15) is 5.82 Å². The molecule has 0 spiro atoms. The molecule has 0 atom stereocenters. The van der Waals surface area contributed by atoms with E-state index in [4.69, 9.17) is 16.6 Å². The average molecular weight is 451 g/mol. The second-order valence-electron chi connectivity index (χ2n) is 8.88. The smallest absolute Gasteiger partial charge is 0.170 e. The molecule has 0 bridgehead atoms. The molecule has 2 fully saturated rings. The van der Waals surface area contributed by atoms with Crippen LogP contribution < -0.4 is 4.90 Å². The Bertz CT molecular complexity index is 1130. The van der Waals surface area contributed by atoms with Crippen LogP contribution in [-0.2, 0) is 6.42 Å². The maximum absolute atomic E-state index is 13.1. The van der Waals surface area contributed by atoms with Crippen LogP contribution in [0.2, 0.25) is 5.02 Å². The van der Waals surface area contributed by atoms with Gasteiger partial charge in [-0.15, -0.1) is 0 Å². The van der Waals surface area contributed by atoms with Crippen LogP contribution in [-0.4, -0.2) is 44.8 Å². The van der Waals surface area contributed by atoms with Crippen molar-refractivity contribution in [1.29, 1.82) is 0 Å². The van der Waals surface area contributed by atoms with Gasteiger partial charge in [0.15, 0.2) is 5.78 Å². The first-order valence-corrected chi connectivity index (χ1v) is 11.6. The highest BCUT2D eigenvalue weighted by atomic mass is 35.5.